The van der Waals surface area contributed by atoms with Crippen LogP contribution >= 0.6 is 0 Å². The monoisotopic (exact) mass is 341 g/mol. The highest BCUT2D eigenvalue weighted by Crippen LogP contribution is 2.30. The van der Waals surface area contributed by atoms with Crippen LogP contribution in [0.5, 0.6) is 0 Å². The molecule has 132 valence electrons. The Morgan fingerprint density at radius 2 is 2.00 bits per heavy atom. The van der Waals surface area contributed by atoms with Crippen molar-refractivity contribution >= 4 is 12.2 Å². The summed E-state index contributed by atoms with van der Waals surface area (Å²) in [6, 6.07) is 4.97. The van der Waals surface area contributed by atoms with Crippen LogP contribution in [0.1, 0.15) is 44.7 Å². The Morgan fingerprint density at radius 3 is 2.62 bits per heavy atom. The molecule has 0 radical (unpaired) electrons. The van der Waals surface area contributed by atoms with Gasteiger partial charge in [-0.25, -0.2) is 4.79 Å². The van der Waals surface area contributed by atoms with E-state index >= 15 is 0 Å². The van der Waals surface area contributed by atoms with Gasteiger partial charge in [-0.05, 0) is 51.3 Å². The highest BCUT2D eigenvalue weighted by molar-refractivity contribution is 5.69. The molecule has 1 aromatic carbocycles. The van der Waals surface area contributed by atoms with E-state index in [4.69, 9.17) is 4.74 Å². The van der Waals surface area contributed by atoms with E-state index in [-0.39, 0.29) is 6.04 Å². The number of benzene rings is 1. The number of likely N-dealkylation sites (tertiary alicyclic amines) is 1. The molecular weight excluding hydrogens is 319 g/mol. The van der Waals surface area contributed by atoms with Gasteiger partial charge in [0.25, 0.3) is 0 Å². The van der Waals surface area contributed by atoms with Crippen LogP contribution in [0.25, 0.3) is 6.08 Å². The fraction of sp³-hybridized carbons (Fsp3) is 0.500. The van der Waals surface area contributed by atoms with Crippen molar-refractivity contribution in [2.75, 3.05) is 6.54 Å². The Hall–Kier alpha value is -1.98. The largest absolute Gasteiger partial charge is 0.444 e. The van der Waals surface area contributed by atoms with Gasteiger partial charge < -0.3 is 9.64 Å². The molecule has 24 heavy (non-hydrogen) atoms. The number of nitrogens with zero attached hydrogens (tertiary/aromatic N) is 1. The van der Waals surface area contributed by atoms with E-state index in [1.165, 1.54) is 6.07 Å². The van der Waals surface area contributed by atoms with Crippen LogP contribution in [0.15, 0.2) is 30.3 Å². The first-order valence-electron chi connectivity index (χ1n) is 7.91. The molecule has 2 rings (SSSR count). The molecule has 1 fully saturated rings. The number of alkyl halides is 3. The second kappa shape index (κ2) is 6.87. The van der Waals surface area contributed by atoms with E-state index in [1.54, 1.807) is 43.9 Å². The summed E-state index contributed by atoms with van der Waals surface area (Å²) in [5.74, 6) is 0. The number of carbonyl (C=O) groups is 1. The van der Waals surface area contributed by atoms with Crippen molar-refractivity contribution in [1.29, 1.82) is 0 Å². The van der Waals surface area contributed by atoms with Gasteiger partial charge in [-0.2, -0.15) is 13.2 Å². The van der Waals surface area contributed by atoms with E-state index < -0.39 is 23.4 Å². The minimum Gasteiger partial charge on any atom is -0.444 e. The van der Waals surface area contributed by atoms with E-state index in [9.17, 15) is 18.0 Å². The van der Waals surface area contributed by atoms with Gasteiger partial charge in [0.05, 0.1) is 11.6 Å². The van der Waals surface area contributed by atoms with Crippen LogP contribution in [0.2, 0.25) is 0 Å². The SMILES string of the molecule is CC(C)(C)OC(=O)N1CCCC1/C=C/c1cccc(C(F)(F)F)c1. The molecule has 0 aliphatic carbocycles. The van der Waals surface area contributed by atoms with E-state index in [0.29, 0.717) is 12.1 Å². The zero-order valence-corrected chi connectivity index (χ0v) is 14.1. The summed E-state index contributed by atoms with van der Waals surface area (Å²) in [6.45, 7) is 5.99. The average Bonchev–Trinajstić information content (AvgIpc) is 2.91. The van der Waals surface area contributed by atoms with Gasteiger partial charge in [-0.3, -0.25) is 0 Å². The van der Waals surface area contributed by atoms with Crippen molar-refractivity contribution in [3.63, 3.8) is 0 Å². The Morgan fingerprint density at radius 1 is 1.29 bits per heavy atom. The number of amides is 1. The molecule has 1 heterocycles. The molecule has 0 spiro atoms. The molecule has 1 atom stereocenters. The first kappa shape index (κ1) is 18.4. The summed E-state index contributed by atoms with van der Waals surface area (Å²) in [7, 11) is 0. The number of hydrogen-bond donors (Lipinski definition) is 0. The number of ether oxygens (including phenoxy) is 1. The molecule has 0 saturated carbocycles. The lowest BCUT2D eigenvalue weighted by molar-refractivity contribution is -0.137. The quantitative estimate of drug-likeness (QED) is 0.747. The van der Waals surface area contributed by atoms with Crippen molar-refractivity contribution in [3.8, 4) is 0 Å². The van der Waals surface area contributed by atoms with Crippen LogP contribution in [-0.4, -0.2) is 29.2 Å². The van der Waals surface area contributed by atoms with Crippen LogP contribution in [0.3, 0.4) is 0 Å². The Balaban J connectivity index is 2.09. The lowest BCUT2D eigenvalue weighted by Crippen LogP contribution is -2.39. The standard InChI is InChI=1S/C18H22F3NO2/c1-17(2,3)24-16(23)22-11-5-8-15(22)10-9-13-6-4-7-14(12-13)18(19,20)21/h4,6-7,9-10,12,15H,5,8,11H2,1-3H3/b10-9+. The maximum atomic E-state index is 12.7. The number of halogens is 3. The lowest BCUT2D eigenvalue weighted by Gasteiger charge is -2.27. The van der Waals surface area contributed by atoms with Gasteiger partial charge in [-0.1, -0.05) is 24.3 Å². The van der Waals surface area contributed by atoms with Gasteiger partial charge >= 0.3 is 12.3 Å². The topological polar surface area (TPSA) is 29.5 Å². The summed E-state index contributed by atoms with van der Waals surface area (Å²) >= 11 is 0. The smallest absolute Gasteiger partial charge is 0.416 e. The van der Waals surface area contributed by atoms with Gasteiger partial charge in [0.2, 0.25) is 0 Å². The molecule has 0 N–H and O–H groups in total. The van der Waals surface area contributed by atoms with E-state index in [0.717, 1.165) is 25.0 Å². The second-order valence-electron chi connectivity index (χ2n) is 6.87. The fourth-order valence-corrected chi connectivity index (χ4v) is 2.58. The number of hydrogen-bond acceptors (Lipinski definition) is 2. The maximum absolute atomic E-state index is 12.7. The highest BCUT2D eigenvalue weighted by Gasteiger charge is 2.31. The Labute approximate surface area is 140 Å². The molecule has 1 amide bonds. The zero-order chi connectivity index (χ0) is 18.0. The summed E-state index contributed by atoms with van der Waals surface area (Å²) in [4.78, 5) is 13.8. The molecule has 0 aromatic heterocycles. The Kier molecular flexibility index (Phi) is 5.26. The third kappa shape index (κ3) is 5.01. The van der Waals surface area contributed by atoms with Crippen molar-refractivity contribution < 1.29 is 22.7 Å². The Bertz CT molecular complexity index is 617. The summed E-state index contributed by atoms with van der Waals surface area (Å²) in [5, 5.41) is 0. The minimum atomic E-state index is -4.36. The van der Waals surface area contributed by atoms with Crippen molar-refractivity contribution in [1.82, 2.24) is 4.90 Å². The molecule has 1 saturated heterocycles. The third-order valence-electron chi connectivity index (χ3n) is 3.65. The number of rotatable bonds is 2. The van der Waals surface area contributed by atoms with Crippen molar-refractivity contribution in [2.45, 2.75) is 51.4 Å². The number of carbonyl (C=O) groups excluding carboxylic acids is 1. The van der Waals surface area contributed by atoms with E-state index in [2.05, 4.69) is 0 Å². The zero-order valence-electron chi connectivity index (χ0n) is 14.1. The molecule has 1 aliphatic rings. The maximum Gasteiger partial charge on any atom is 0.416 e. The first-order chi connectivity index (χ1) is 11.1. The fourth-order valence-electron chi connectivity index (χ4n) is 2.58. The third-order valence-corrected chi connectivity index (χ3v) is 3.65. The summed E-state index contributed by atoms with van der Waals surface area (Å²) in [6.07, 6.45) is 0.263. The highest BCUT2D eigenvalue weighted by atomic mass is 19.4. The van der Waals surface area contributed by atoms with Crippen LogP contribution in [0.4, 0.5) is 18.0 Å². The first-order valence-corrected chi connectivity index (χ1v) is 7.91. The van der Waals surface area contributed by atoms with Crippen LogP contribution < -0.4 is 0 Å². The van der Waals surface area contributed by atoms with Gasteiger partial charge in [0.15, 0.2) is 0 Å². The molecule has 0 bridgehead atoms. The van der Waals surface area contributed by atoms with Gasteiger partial charge in [0.1, 0.15) is 5.60 Å². The second-order valence-corrected chi connectivity index (χ2v) is 6.87. The van der Waals surface area contributed by atoms with E-state index in [1.807, 2.05) is 0 Å². The predicted octanol–water partition coefficient (Wildman–Crippen LogP) is 5.12. The van der Waals surface area contributed by atoms with Crippen LogP contribution in [-0.2, 0) is 10.9 Å². The van der Waals surface area contributed by atoms with Gasteiger partial charge in [-0.15, -0.1) is 0 Å². The lowest BCUT2D eigenvalue weighted by atomic mass is 10.1. The summed E-state index contributed by atoms with van der Waals surface area (Å²) in [5.41, 5.74) is -0.796. The average molecular weight is 341 g/mol. The van der Waals surface area contributed by atoms with Gasteiger partial charge in [0, 0.05) is 6.54 Å². The minimum absolute atomic E-state index is 0.158. The molecule has 6 heteroatoms. The predicted molar refractivity (Wildman–Crippen MR) is 86.4 cm³/mol. The molecule has 3 nitrogen and oxygen atoms in total. The van der Waals surface area contributed by atoms with Crippen molar-refractivity contribution in [3.05, 3.63) is 41.5 Å². The molecule has 1 aromatic rings. The van der Waals surface area contributed by atoms with Crippen molar-refractivity contribution in [2.24, 2.45) is 0 Å². The summed E-state index contributed by atoms with van der Waals surface area (Å²) < 4.78 is 43.6. The molecular formula is C18H22F3NO2. The molecule has 1 aliphatic heterocycles. The normalized spacial score (nSPS) is 19.1. The van der Waals surface area contributed by atoms with Crippen LogP contribution in [0, 0.1) is 0 Å². The molecule has 1 unspecified atom stereocenters.